The van der Waals surface area contributed by atoms with Crippen molar-refractivity contribution in [2.24, 2.45) is 0 Å². The molecule has 0 unspecified atom stereocenters. The Kier molecular flexibility index (Phi) is 3.13. The number of amides is 2. The summed E-state index contributed by atoms with van der Waals surface area (Å²) in [6, 6.07) is 8.38. The number of hydrogen-bond donors (Lipinski definition) is 2. The van der Waals surface area contributed by atoms with Crippen LogP contribution in [0, 0.1) is 6.92 Å². The van der Waals surface area contributed by atoms with Crippen molar-refractivity contribution in [2.45, 2.75) is 20.0 Å². The standard InChI is InChI=1S/C15H14N2O4/c1-8-3-5-13(20-8)15(19)16-10-4-6-12-11(7-10)17-14(18)9(2)21-12/h3-7,9H,1-2H3,(H,16,19)(H,17,18)/t9-/m1/s1. The minimum Gasteiger partial charge on any atom is -0.479 e. The molecule has 0 saturated carbocycles. The zero-order valence-electron chi connectivity index (χ0n) is 11.6. The molecule has 1 atom stereocenters. The van der Waals surface area contributed by atoms with Gasteiger partial charge in [0, 0.05) is 5.69 Å². The summed E-state index contributed by atoms with van der Waals surface area (Å²) >= 11 is 0. The van der Waals surface area contributed by atoms with Gasteiger partial charge >= 0.3 is 0 Å². The monoisotopic (exact) mass is 286 g/mol. The molecule has 6 nitrogen and oxygen atoms in total. The second-order valence-electron chi connectivity index (χ2n) is 4.82. The quantitative estimate of drug-likeness (QED) is 0.889. The van der Waals surface area contributed by atoms with Crippen LogP contribution in [0.3, 0.4) is 0 Å². The molecule has 0 spiro atoms. The summed E-state index contributed by atoms with van der Waals surface area (Å²) in [6.07, 6.45) is -0.524. The van der Waals surface area contributed by atoms with Crippen LogP contribution >= 0.6 is 0 Å². The summed E-state index contributed by atoms with van der Waals surface area (Å²) in [4.78, 5) is 23.6. The van der Waals surface area contributed by atoms with Crippen LogP contribution in [0.4, 0.5) is 11.4 Å². The summed E-state index contributed by atoms with van der Waals surface area (Å²) in [6.45, 7) is 3.44. The number of aryl methyl sites for hydroxylation is 1. The molecule has 0 bridgehead atoms. The largest absolute Gasteiger partial charge is 0.479 e. The van der Waals surface area contributed by atoms with Gasteiger partial charge in [0.25, 0.3) is 11.8 Å². The fourth-order valence-electron chi connectivity index (χ4n) is 2.04. The smallest absolute Gasteiger partial charge is 0.291 e. The Morgan fingerprint density at radius 1 is 1.29 bits per heavy atom. The maximum atomic E-state index is 12.0. The molecule has 2 aromatic rings. The normalized spacial score (nSPS) is 16.7. The van der Waals surface area contributed by atoms with Crippen LogP contribution in [0.1, 0.15) is 23.2 Å². The summed E-state index contributed by atoms with van der Waals surface area (Å²) in [7, 11) is 0. The average molecular weight is 286 g/mol. The predicted molar refractivity (Wildman–Crippen MR) is 76.6 cm³/mol. The first kappa shape index (κ1) is 13.2. The minimum absolute atomic E-state index is 0.215. The highest BCUT2D eigenvalue weighted by molar-refractivity contribution is 6.03. The summed E-state index contributed by atoms with van der Waals surface area (Å²) in [5, 5.41) is 5.44. The number of ether oxygens (including phenoxy) is 1. The number of carbonyl (C=O) groups excluding carboxylic acids is 2. The van der Waals surface area contributed by atoms with Crippen molar-refractivity contribution < 1.29 is 18.7 Å². The number of benzene rings is 1. The molecule has 6 heteroatoms. The third-order valence-corrected chi connectivity index (χ3v) is 3.13. The molecule has 21 heavy (non-hydrogen) atoms. The highest BCUT2D eigenvalue weighted by Gasteiger charge is 2.23. The van der Waals surface area contributed by atoms with E-state index < -0.39 is 6.10 Å². The highest BCUT2D eigenvalue weighted by atomic mass is 16.5. The second-order valence-corrected chi connectivity index (χ2v) is 4.82. The van der Waals surface area contributed by atoms with E-state index in [1.807, 2.05) is 0 Å². The van der Waals surface area contributed by atoms with E-state index in [0.29, 0.717) is 22.9 Å². The summed E-state index contributed by atoms with van der Waals surface area (Å²) in [5.41, 5.74) is 1.08. The first-order valence-electron chi connectivity index (χ1n) is 6.52. The predicted octanol–water partition coefficient (Wildman–Crippen LogP) is 2.56. The zero-order valence-corrected chi connectivity index (χ0v) is 11.6. The lowest BCUT2D eigenvalue weighted by atomic mass is 10.2. The van der Waals surface area contributed by atoms with E-state index in [4.69, 9.17) is 9.15 Å². The third kappa shape index (κ3) is 2.60. The summed E-state index contributed by atoms with van der Waals surface area (Å²) < 4.78 is 10.7. The maximum Gasteiger partial charge on any atom is 0.291 e. The molecule has 2 N–H and O–H groups in total. The van der Waals surface area contributed by atoms with Crippen molar-refractivity contribution in [1.82, 2.24) is 0 Å². The number of nitrogens with one attached hydrogen (secondary N) is 2. The average Bonchev–Trinajstić information content (AvgIpc) is 2.87. The number of carbonyl (C=O) groups is 2. The number of anilines is 2. The van der Waals surface area contributed by atoms with Crippen molar-refractivity contribution >= 4 is 23.2 Å². The Bertz CT molecular complexity index is 720. The van der Waals surface area contributed by atoms with Crippen LogP contribution in [-0.4, -0.2) is 17.9 Å². The van der Waals surface area contributed by atoms with Crippen LogP contribution in [0.2, 0.25) is 0 Å². The Morgan fingerprint density at radius 3 is 2.81 bits per heavy atom. The van der Waals surface area contributed by atoms with E-state index in [1.54, 1.807) is 44.2 Å². The van der Waals surface area contributed by atoms with E-state index in [-0.39, 0.29) is 17.6 Å². The van der Waals surface area contributed by atoms with Gasteiger partial charge in [0.2, 0.25) is 0 Å². The van der Waals surface area contributed by atoms with E-state index in [1.165, 1.54) is 0 Å². The van der Waals surface area contributed by atoms with Gasteiger partial charge in [-0.3, -0.25) is 9.59 Å². The van der Waals surface area contributed by atoms with Crippen molar-refractivity contribution in [2.75, 3.05) is 10.6 Å². The Hall–Kier alpha value is -2.76. The van der Waals surface area contributed by atoms with E-state index in [2.05, 4.69) is 10.6 Å². The fraction of sp³-hybridized carbons (Fsp3) is 0.200. The van der Waals surface area contributed by atoms with Crippen molar-refractivity contribution in [1.29, 1.82) is 0 Å². The molecule has 3 rings (SSSR count). The van der Waals surface area contributed by atoms with Gasteiger partial charge in [0.15, 0.2) is 11.9 Å². The second kappa shape index (κ2) is 4.97. The molecular formula is C15H14N2O4. The molecule has 1 aromatic carbocycles. The number of rotatable bonds is 2. The lowest BCUT2D eigenvalue weighted by Gasteiger charge is -2.23. The first-order valence-corrected chi connectivity index (χ1v) is 6.52. The topological polar surface area (TPSA) is 80.6 Å². The molecule has 1 aliphatic rings. The lowest BCUT2D eigenvalue weighted by molar-refractivity contribution is -0.122. The van der Waals surface area contributed by atoms with Crippen LogP contribution in [0.15, 0.2) is 34.7 Å². The van der Waals surface area contributed by atoms with E-state index >= 15 is 0 Å². The van der Waals surface area contributed by atoms with Gasteiger partial charge in [-0.2, -0.15) is 0 Å². The highest BCUT2D eigenvalue weighted by Crippen LogP contribution is 2.32. The van der Waals surface area contributed by atoms with Crippen LogP contribution in [0.25, 0.3) is 0 Å². The molecule has 0 saturated heterocycles. The molecular weight excluding hydrogens is 272 g/mol. The van der Waals surface area contributed by atoms with Crippen molar-refractivity contribution in [3.63, 3.8) is 0 Å². The lowest BCUT2D eigenvalue weighted by Crippen LogP contribution is -2.34. The van der Waals surface area contributed by atoms with Crippen LogP contribution in [-0.2, 0) is 4.79 Å². The molecule has 0 fully saturated rings. The molecule has 2 amide bonds. The van der Waals surface area contributed by atoms with Gasteiger partial charge < -0.3 is 19.8 Å². The summed E-state index contributed by atoms with van der Waals surface area (Å²) in [5.74, 6) is 0.917. The van der Waals surface area contributed by atoms with Gasteiger partial charge in [-0.25, -0.2) is 0 Å². The first-order chi connectivity index (χ1) is 10.0. The van der Waals surface area contributed by atoms with Crippen LogP contribution in [0.5, 0.6) is 5.75 Å². The SMILES string of the molecule is Cc1ccc(C(=O)Nc2ccc3c(c2)NC(=O)[C@@H](C)O3)o1. The molecule has 1 aromatic heterocycles. The van der Waals surface area contributed by atoms with Gasteiger partial charge in [-0.15, -0.1) is 0 Å². The van der Waals surface area contributed by atoms with E-state index in [0.717, 1.165) is 0 Å². The number of hydrogen-bond acceptors (Lipinski definition) is 4. The van der Waals surface area contributed by atoms with Gasteiger partial charge in [-0.05, 0) is 44.2 Å². The minimum atomic E-state index is -0.524. The Morgan fingerprint density at radius 2 is 2.10 bits per heavy atom. The third-order valence-electron chi connectivity index (χ3n) is 3.13. The molecule has 0 aliphatic carbocycles. The maximum absolute atomic E-state index is 12.0. The Labute approximate surface area is 121 Å². The van der Waals surface area contributed by atoms with Crippen molar-refractivity contribution in [3.8, 4) is 5.75 Å². The molecule has 1 aliphatic heterocycles. The van der Waals surface area contributed by atoms with Crippen molar-refractivity contribution in [3.05, 3.63) is 41.9 Å². The molecule has 2 heterocycles. The molecule has 0 radical (unpaired) electrons. The molecule has 108 valence electrons. The zero-order chi connectivity index (χ0) is 15.0. The fourth-order valence-corrected chi connectivity index (χ4v) is 2.04. The van der Waals surface area contributed by atoms with Crippen LogP contribution < -0.4 is 15.4 Å². The van der Waals surface area contributed by atoms with Gasteiger partial charge in [-0.1, -0.05) is 0 Å². The Balaban J connectivity index is 1.80. The number of fused-ring (bicyclic) bond motifs is 1. The van der Waals surface area contributed by atoms with Gasteiger partial charge in [0.05, 0.1) is 5.69 Å². The van der Waals surface area contributed by atoms with Gasteiger partial charge in [0.1, 0.15) is 11.5 Å². The van der Waals surface area contributed by atoms with E-state index in [9.17, 15) is 9.59 Å². The number of furan rings is 1.